The Kier molecular flexibility index (Phi) is 5.68. The Morgan fingerprint density at radius 3 is 2.20 bits per heavy atom. The zero-order chi connectivity index (χ0) is 15.5. The molecular weight excluding hydrogens is 268 g/mol. The van der Waals surface area contributed by atoms with Crippen LogP contribution in [0.4, 0.5) is 0 Å². The zero-order valence-corrected chi connectivity index (χ0v) is 13.9. The number of benzene rings is 1. The lowest BCUT2D eigenvalue weighted by Crippen LogP contribution is -2.41. The molecule has 0 saturated heterocycles. The quantitative estimate of drug-likeness (QED) is 0.820. The van der Waals surface area contributed by atoms with Crippen LogP contribution in [0.25, 0.3) is 0 Å². The Hall–Kier alpha value is -0.970. The molecule has 1 rings (SSSR count). The van der Waals surface area contributed by atoms with Crippen LogP contribution in [0.5, 0.6) is 0 Å². The van der Waals surface area contributed by atoms with E-state index in [2.05, 4.69) is 32.6 Å². The van der Waals surface area contributed by atoms with E-state index in [9.17, 15) is 5.11 Å². The molecular formula is C16H26N2OS. The van der Waals surface area contributed by atoms with E-state index >= 15 is 0 Å². The van der Waals surface area contributed by atoms with E-state index in [0.29, 0.717) is 17.6 Å². The first-order chi connectivity index (χ1) is 9.12. The number of likely N-dealkylation sites (N-methyl/N-ethyl adjacent to an activating group) is 1. The number of hydrogen-bond donors (Lipinski definition) is 2. The topological polar surface area (TPSA) is 49.5 Å². The second-order valence-electron chi connectivity index (χ2n) is 6.48. The predicted molar refractivity (Wildman–Crippen MR) is 88.8 cm³/mol. The van der Waals surface area contributed by atoms with Crippen LogP contribution in [0.1, 0.15) is 44.9 Å². The highest BCUT2D eigenvalue weighted by molar-refractivity contribution is 7.80. The van der Waals surface area contributed by atoms with E-state index in [4.69, 9.17) is 18.0 Å². The maximum Gasteiger partial charge on any atom is 0.103 e. The third-order valence-electron chi connectivity index (χ3n) is 3.96. The van der Waals surface area contributed by atoms with Crippen molar-refractivity contribution in [2.24, 2.45) is 11.1 Å². The first kappa shape index (κ1) is 17.1. The fourth-order valence-electron chi connectivity index (χ4n) is 2.07. The molecule has 0 aliphatic heterocycles. The van der Waals surface area contributed by atoms with Gasteiger partial charge in [-0.1, -0.05) is 57.3 Å². The average molecular weight is 294 g/mol. The summed E-state index contributed by atoms with van der Waals surface area (Å²) in [4.78, 5) is 2.57. The summed E-state index contributed by atoms with van der Waals surface area (Å²) in [5.74, 6) is 0. The largest absolute Gasteiger partial charge is 0.389 e. The van der Waals surface area contributed by atoms with Gasteiger partial charge in [-0.2, -0.15) is 0 Å². The highest BCUT2D eigenvalue weighted by Crippen LogP contribution is 2.25. The van der Waals surface area contributed by atoms with Gasteiger partial charge in [-0.05, 0) is 24.9 Å². The Balaban J connectivity index is 2.71. The molecule has 0 heterocycles. The number of aliphatic hydroxyl groups excluding tert-OH is 1. The molecule has 112 valence electrons. The lowest BCUT2D eigenvalue weighted by molar-refractivity contribution is 0.0715. The third-order valence-corrected chi connectivity index (χ3v) is 4.19. The van der Waals surface area contributed by atoms with E-state index in [1.165, 1.54) is 0 Å². The highest BCUT2D eigenvalue weighted by atomic mass is 32.1. The number of rotatable bonds is 5. The van der Waals surface area contributed by atoms with Crippen LogP contribution in [-0.2, 0) is 0 Å². The smallest absolute Gasteiger partial charge is 0.103 e. The summed E-state index contributed by atoms with van der Waals surface area (Å²) in [5, 5.41) is 10.3. The van der Waals surface area contributed by atoms with Gasteiger partial charge in [-0.15, -0.1) is 0 Å². The molecule has 1 aromatic carbocycles. The fourth-order valence-corrected chi connectivity index (χ4v) is 2.20. The van der Waals surface area contributed by atoms with Crippen LogP contribution in [0.2, 0.25) is 0 Å². The summed E-state index contributed by atoms with van der Waals surface area (Å²) in [5.41, 5.74) is 7.47. The van der Waals surface area contributed by atoms with Gasteiger partial charge < -0.3 is 15.7 Å². The minimum atomic E-state index is -0.509. The molecule has 0 saturated carbocycles. The fraction of sp³-hybridized carbons (Fsp3) is 0.562. The third kappa shape index (κ3) is 4.54. The number of hydrogen-bond acceptors (Lipinski definition) is 3. The van der Waals surface area contributed by atoms with E-state index < -0.39 is 6.10 Å². The molecule has 0 radical (unpaired) electrons. The number of nitrogens with two attached hydrogens (primary N) is 1. The van der Waals surface area contributed by atoms with Gasteiger partial charge in [-0.3, -0.25) is 0 Å². The number of aliphatic hydroxyl groups is 1. The lowest BCUT2D eigenvalue weighted by atomic mass is 9.87. The van der Waals surface area contributed by atoms with Crippen molar-refractivity contribution >= 4 is 17.2 Å². The van der Waals surface area contributed by atoms with E-state index in [0.717, 1.165) is 11.1 Å². The standard InChI is InChI=1S/C16H26N2OS/c1-11(16(2,3)4)18(5)10-14(19)12-6-8-13(9-7-12)15(17)20/h6-9,11,14,19H,10H2,1-5H3,(H2,17,20). The summed E-state index contributed by atoms with van der Waals surface area (Å²) >= 11 is 4.92. The molecule has 2 atom stereocenters. The normalized spacial score (nSPS) is 15.2. The van der Waals surface area contributed by atoms with Gasteiger partial charge >= 0.3 is 0 Å². The average Bonchev–Trinajstić information content (AvgIpc) is 2.36. The van der Waals surface area contributed by atoms with Crippen molar-refractivity contribution in [2.75, 3.05) is 13.6 Å². The minimum Gasteiger partial charge on any atom is -0.389 e. The molecule has 1 aromatic rings. The molecule has 0 aliphatic rings. The molecule has 3 N–H and O–H groups in total. The second kappa shape index (κ2) is 6.66. The van der Waals surface area contributed by atoms with Gasteiger partial charge in [-0.25, -0.2) is 0 Å². The van der Waals surface area contributed by atoms with Crippen LogP contribution >= 0.6 is 12.2 Å². The van der Waals surface area contributed by atoms with Crippen molar-refractivity contribution in [1.29, 1.82) is 0 Å². The Morgan fingerprint density at radius 2 is 1.80 bits per heavy atom. The molecule has 0 aliphatic carbocycles. The Bertz CT molecular complexity index is 451. The molecule has 0 bridgehead atoms. The first-order valence-electron chi connectivity index (χ1n) is 6.91. The first-order valence-corrected chi connectivity index (χ1v) is 7.32. The highest BCUT2D eigenvalue weighted by Gasteiger charge is 2.25. The van der Waals surface area contributed by atoms with Crippen LogP contribution in [-0.4, -0.2) is 34.6 Å². The summed E-state index contributed by atoms with van der Waals surface area (Å²) in [6.45, 7) is 9.40. The van der Waals surface area contributed by atoms with Crippen molar-refractivity contribution in [1.82, 2.24) is 4.90 Å². The summed E-state index contributed by atoms with van der Waals surface area (Å²) < 4.78 is 0. The molecule has 0 amide bonds. The Morgan fingerprint density at radius 1 is 1.30 bits per heavy atom. The van der Waals surface area contributed by atoms with Crippen LogP contribution in [0, 0.1) is 5.41 Å². The zero-order valence-electron chi connectivity index (χ0n) is 13.1. The van der Waals surface area contributed by atoms with E-state index in [-0.39, 0.29) is 5.41 Å². The van der Waals surface area contributed by atoms with Crippen molar-refractivity contribution in [3.63, 3.8) is 0 Å². The number of nitrogens with zero attached hydrogens (tertiary/aromatic N) is 1. The summed E-state index contributed by atoms with van der Waals surface area (Å²) in [6, 6.07) is 7.86. The van der Waals surface area contributed by atoms with Crippen molar-refractivity contribution in [2.45, 2.75) is 39.8 Å². The monoisotopic (exact) mass is 294 g/mol. The molecule has 0 fully saturated rings. The van der Waals surface area contributed by atoms with Crippen LogP contribution < -0.4 is 5.73 Å². The van der Waals surface area contributed by atoms with Crippen LogP contribution in [0.15, 0.2) is 24.3 Å². The molecule has 4 heteroatoms. The van der Waals surface area contributed by atoms with Crippen molar-refractivity contribution in [3.8, 4) is 0 Å². The maximum atomic E-state index is 10.3. The van der Waals surface area contributed by atoms with E-state index in [1.807, 2.05) is 31.3 Å². The lowest BCUT2D eigenvalue weighted by Gasteiger charge is -2.36. The summed E-state index contributed by atoms with van der Waals surface area (Å²) in [7, 11) is 2.04. The minimum absolute atomic E-state index is 0.185. The second-order valence-corrected chi connectivity index (χ2v) is 6.92. The SMILES string of the molecule is CC(N(C)CC(O)c1ccc(C(N)=S)cc1)C(C)(C)C. The van der Waals surface area contributed by atoms with Gasteiger partial charge in [0, 0.05) is 18.2 Å². The van der Waals surface area contributed by atoms with Gasteiger partial charge in [0.1, 0.15) is 4.99 Å². The number of thiocarbonyl (C=S) groups is 1. The molecule has 0 spiro atoms. The Labute approximate surface area is 127 Å². The van der Waals surface area contributed by atoms with E-state index in [1.54, 1.807) is 0 Å². The molecule has 2 unspecified atom stereocenters. The van der Waals surface area contributed by atoms with Gasteiger partial charge in [0.2, 0.25) is 0 Å². The van der Waals surface area contributed by atoms with Gasteiger partial charge in [0.05, 0.1) is 6.10 Å². The maximum absolute atomic E-state index is 10.3. The van der Waals surface area contributed by atoms with Crippen molar-refractivity contribution in [3.05, 3.63) is 35.4 Å². The molecule has 3 nitrogen and oxygen atoms in total. The predicted octanol–water partition coefficient (Wildman–Crippen LogP) is 2.72. The summed E-state index contributed by atoms with van der Waals surface area (Å²) in [6.07, 6.45) is -0.509. The van der Waals surface area contributed by atoms with Crippen molar-refractivity contribution < 1.29 is 5.11 Å². The van der Waals surface area contributed by atoms with Gasteiger partial charge in [0.15, 0.2) is 0 Å². The van der Waals surface area contributed by atoms with Crippen LogP contribution in [0.3, 0.4) is 0 Å². The molecule has 20 heavy (non-hydrogen) atoms. The van der Waals surface area contributed by atoms with Gasteiger partial charge in [0.25, 0.3) is 0 Å². The molecule has 0 aromatic heterocycles.